The molecule has 1 atom stereocenters. The smallest absolute Gasteiger partial charge is 0.287 e. The predicted molar refractivity (Wildman–Crippen MR) is 184 cm³/mol. The summed E-state index contributed by atoms with van der Waals surface area (Å²) >= 11 is 6.14. The highest BCUT2D eigenvalue weighted by atomic mass is 35.5. The number of benzene rings is 3. The Morgan fingerprint density at radius 2 is 1.78 bits per heavy atom. The molecule has 0 spiro atoms. The van der Waals surface area contributed by atoms with Crippen LogP contribution in [-0.2, 0) is 17.8 Å². The first-order valence-electron chi connectivity index (χ1n) is 16.1. The van der Waals surface area contributed by atoms with Crippen molar-refractivity contribution in [3.05, 3.63) is 122 Å². The van der Waals surface area contributed by atoms with Gasteiger partial charge < -0.3 is 19.5 Å². The molecule has 0 unspecified atom stereocenters. The monoisotopic (exact) mass is 637 g/mol. The van der Waals surface area contributed by atoms with Gasteiger partial charge in [-0.3, -0.25) is 14.4 Å². The predicted octanol–water partition coefficient (Wildman–Crippen LogP) is 7.26. The molecule has 0 bridgehead atoms. The topological polar surface area (TPSA) is 82.9 Å². The minimum Gasteiger partial charge on any atom is -0.451 e. The van der Waals surface area contributed by atoms with Crippen molar-refractivity contribution >= 4 is 40.1 Å². The fourth-order valence-electron chi connectivity index (χ4n) is 6.70. The van der Waals surface area contributed by atoms with Crippen molar-refractivity contribution in [2.75, 3.05) is 25.5 Å². The summed E-state index contributed by atoms with van der Waals surface area (Å²) in [6.07, 6.45) is 8.21. The van der Waals surface area contributed by atoms with E-state index >= 15 is 0 Å². The molecule has 1 aliphatic carbocycles. The SMILES string of the molecule is CN(C)c1ccc2oc(C(=O)N[C@H](C=C3CCC(c4ccccc4CN4CCCC4=O)CC3)Cc3ccc(Cl)cc3)cc(=O)c2c1. The second-order valence-electron chi connectivity index (χ2n) is 12.7. The molecule has 1 N–H and O–H groups in total. The molecule has 8 heteroatoms. The van der Waals surface area contributed by atoms with Crippen LogP contribution in [0.3, 0.4) is 0 Å². The fourth-order valence-corrected chi connectivity index (χ4v) is 6.83. The van der Waals surface area contributed by atoms with E-state index in [0.717, 1.165) is 49.9 Å². The molecule has 1 aromatic heterocycles. The molecule has 2 fully saturated rings. The third-order valence-corrected chi connectivity index (χ3v) is 9.48. The van der Waals surface area contributed by atoms with Gasteiger partial charge >= 0.3 is 0 Å². The lowest BCUT2D eigenvalue weighted by molar-refractivity contribution is -0.128. The van der Waals surface area contributed by atoms with E-state index in [1.807, 2.05) is 54.2 Å². The minimum atomic E-state index is -0.425. The van der Waals surface area contributed by atoms with Crippen molar-refractivity contribution in [1.29, 1.82) is 0 Å². The van der Waals surface area contributed by atoms with Crippen LogP contribution in [0.15, 0.2) is 93.7 Å². The van der Waals surface area contributed by atoms with Gasteiger partial charge in [-0.2, -0.15) is 0 Å². The minimum absolute atomic E-state index is 0.00796. The van der Waals surface area contributed by atoms with Crippen LogP contribution in [-0.4, -0.2) is 43.4 Å². The number of nitrogens with zero attached hydrogens (tertiary/aromatic N) is 2. The maximum atomic E-state index is 13.5. The first kappa shape index (κ1) is 31.6. The molecule has 46 heavy (non-hydrogen) atoms. The van der Waals surface area contributed by atoms with E-state index in [-0.39, 0.29) is 23.1 Å². The number of halogens is 1. The average Bonchev–Trinajstić information content (AvgIpc) is 3.46. The van der Waals surface area contributed by atoms with Crippen LogP contribution < -0.4 is 15.6 Å². The van der Waals surface area contributed by atoms with E-state index < -0.39 is 5.91 Å². The van der Waals surface area contributed by atoms with Gasteiger partial charge in [0.1, 0.15) is 5.58 Å². The molecule has 0 radical (unpaired) electrons. The number of amides is 2. The normalized spacial score (nSPS) is 17.3. The molecule has 2 aliphatic rings. The zero-order valence-electron chi connectivity index (χ0n) is 26.4. The number of carbonyl (C=O) groups is 2. The molecule has 6 rings (SSSR count). The van der Waals surface area contributed by atoms with Gasteiger partial charge in [0.2, 0.25) is 5.91 Å². The van der Waals surface area contributed by atoms with Crippen LogP contribution in [0.25, 0.3) is 11.0 Å². The van der Waals surface area contributed by atoms with Gasteiger partial charge in [-0.05, 0) is 91.5 Å². The Labute approximate surface area is 274 Å². The zero-order valence-corrected chi connectivity index (χ0v) is 27.2. The van der Waals surface area contributed by atoms with Crippen molar-refractivity contribution < 1.29 is 14.0 Å². The second kappa shape index (κ2) is 14.0. The highest BCUT2D eigenvalue weighted by molar-refractivity contribution is 6.30. The Bertz CT molecular complexity index is 1820. The van der Waals surface area contributed by atoms with Crippen molar-refractivity contribution in [2.45, 2.75) is 63.5 Å². The maximum absolute atomic E-state index is 13.5. The van der Waals surface area contributed by atoms with Gasteiger partial charge in [0.25, 0.3) is 5.91 Å². The Hall–Kier alpha value is -4.36. The van der Waals surface area contributed by atoms with Gasteiger partial charge in [0.05, 0.1) is 11.4 Å². The molecule has 2 heterocycles. The van der Waals surface area contributed by atoms with E-state index in [9.17, 15) is 14.4 Å². The fraction of sp³-hybridized carbons (Fsp3) is 0.342. The Morgan fingerprint density at radius 3 is 2.50 bits per heavy atom. The summed E-state index contributed by atoms with van der Waals surface area (Å²) in [5.41, 5.74) is 5.94. The van der Waals surface area contributed by atoms with Crippen LogP contribution in [0, 0.1) is 0 Å². The van der Waals surface area contributed by atoms with Gasteiger partial charge in [0.15, 0.2) is 11.2 Å². The standard InChI is InChI=1S/C38H40ClN3O4/c1-41(2)31-17-18-35-33(22-31)34(43)23-36(46-35)38(45)40-30(21-26-11-15-29(39)16-12-26)20-25-9-13-27(14-10-25)32-7-4-3-6-28(32)24-42-19-5-8-37(42)44/h3-4,6-7,11-12,15-18,20,22-23,27,30H,5,8-10,13-14,19,21,24H2,1-2H3,(H,40,45)/t27?,30-/m1/s1. The number of nitrogens with one attached hydrogen (secondary N) is 1. The van der Waals surface area contributed by atoms with E-state index in [1.165, 1.54) is 22.8 Å². The Kier molecular flexibility index (Phi) is 9.59. The molecule has 2 amide bonds. The molecule has 238 valence electrons. The molecule has 7 nitrogen and oxygen atoms in total. The number of anilines is 1. The summed E-state index contributed by atoms with van der Waals surface area (Å²) in [4.78, 5) is 42.7. The quantitative estimate of drug-likeness (QED) is 0.195. The van der Waals surface area contributed by atoms with Crippen molar-refractivity contribution in [3.63, 3.8) is 0 Å². The van der Waals surface area contributed by atoms with E-state index in [0.29, 0.717) is 41.3 Å². The number of fused-ring (bicyclic) bond motifs is 1. The number of carbonyl (C=O) groups excluding carboxylic acids is 2. The number of hydrogen-bond acceptors (Lipinski definition) is 5. The summed E-state index contributed by atoms with van der Waals surface area (Å²) in [5, 5.41) is 4.23. The van der Waals surface area contributed by atoms with Crippen LogP contribution >= 0.6 is 11.6 Å². The van der Waals surface area contributed by atoms with Gasteiger partial charge in [-0.25, -0.2) is 0 Å². The highest BCUT2D eigenvalue weighted by Gasteiger charge is 2.25. The summed E-state index contributed by atoms with van der Waals surface area (Å²) in [6, 6.07) is 22.5. The summed E-state index contributed by atoms with van der Waals surface area (Å²) in [5.74, 6) is 0.242. The molecule has 1 aliphatic heterocycles. The van der Waals surface area contributed by atoms with E-state index in [2.05, 4.69) is 35.7 Å². The molecular weight excluding hydrogens is 598 g/mol. The lowest BCUT2D eigenvalue weighted by Gasteiger charge is -2.28. The lowest BCUT2D eigenvalue weighted by Crippen LogP contribution is -2.36. The van der Waals surface area contributed by atoms with Crippen molar-refractivity contribution in [3.8, 4) is 0 Å². The van der Waals surface area contributed by atoms with E-state index in [1.54, 1.807) is 12.1 Å². The molecule has 3 aromatic carbocycles. The van der Waals surface area contributed by atoms with Gasteiger partial charge in [-0.1, -0.05) is 59.6 Å². The van der Waals surface area contributed by atoms with Crippen LogP contribution in [0.4, 0.5) is 5.69 Å². The largest absolute Gasteiger partial charge is 0.451 e. The van der Waals surface area contributed by atoms with Gasteiger partial charge in [0, 0.05) is 50.4 Å². The highest BCUT2D eigenvalue weighted by Crippen LogP contribution is 2.37. The summed E-state index contributed by atoms with van der Waals surface area (Å²) in [6.45, 7) is 1.52. The molecular formula is C38H40ClN3O4. The van der Waals surface area contributed by atoms with Crippen molar-refractivity contribution in [2.24, 2.45) is 0 Å². The van der Waals surface area contributed by atoms with Crippen LogP contribution in [0.5, 0.6) is 0 Å². The Balaban J connectivity index is 1.19. The summed E-state index contributed by atoms with van der Waals surface area (Å²) < 4.78 is 5.93. The lowest BCUT2D eigenvalue weighted by atomic mass is 9.79. The second-order valence-corrected chi connectivity index (χ2v) is 13.1. The maximum Gasteiger partial charge on any atom is 0.287 e. The third kappa shape index (κ3) is 7.37. The number of rotatable bonds is 9. The van der Waals surface area contributed by atoms with Crippen molar-refractivity contribution in [1.82, 2.24) is 10.2 Å². The zero-order chi connectivity index (χ0) is 32.2. The summed E-state index contributed by atoms with van der Waals surface area (Å²) in [7, 11) is 3.81. The molecule has 1 saturated carbocycles. The Morgan fingerprint density at radius 1 is 1.02 bits per heavy atom. The first-order valence-corrected chi connectivity index (χ1v) is 16.5. The molecule has 4 aromatic rings. The number of likely N-dealkylation sites (tertiary alicyclic amines) is 1. The molecule has 1 saturated heterocycles. The first-order chi connectivity index (χ1) is 22.2. The number of allylic oxidation sites excluding steroid dienone is 1. The van der Waals surface area contributed by atoms with Crippen LogP contribution in [0.1, 0.15) is 71.7 Å². The number of hydrogen-bond donors (Lipinski definition) is 1. The van der Waals surface area contributed by atoms with Gasteiger partial charge in [-0.15, -0.1) is 0 Å². The average molecular weight is 638 g/mol. The third-order valence-electron chi connectivity index (χ3n) is 9.23. The van der Waals surface area contributed by atoms with E-state index in [4.69, 9.17) is 16.0 Å². The van der Waals surface area contributed by atoms with Crippen LogP contribution in [0.2, 0.25) is 5.02 Å².